The first kappa shape index (κ1) is 24.4. The molecule has 0 aliphatic heterocycles. The second-order valence-electron chi connectivity index (χ2n) is 11.2. The van der Waals surface area contributed by atoms with E-state index < -0.39 is 0 Å². The molecular formula is C28H37ClO4. The highest BCUT2D eigenvalue weighted by Gasteiger charge is 2.58. The van der Waals surface area contributed by atoms with E-state index in [1.807, 2.05) is 6.92 Å². The number of rotatable bonds is 6. The molecule has 1 spiro atoms. The fraction of sp³-hybridized carbons (Fsp3) is 0.571. The molecule has 5 heteroatoms. The minimum Gasteiger partial charge on any atom is -0.491 e. The molecule has 4 nitrogen and oxygen atoms in total. The standard InChI is InChI=1S/C28H37ClO4/c1-16-12-19-21(18(3)24(16)32-10-8-30)28(14-26(19,4)5)15-27(6,7)20-13-17(2)25(33-11-9-31)23(29)22(20)28/h12-13,30-31H,8-11,14-15H2,1-7H3. The summed E-state index contributed by atoms with van der Waals surface area (Å²) >= 11 is 7.19. The van der Waals surface area contributed by atoms with Crippen molar-refractivity contribution in [3.05, 3.63) is 56.1 Å². The quantitative estimate of drug-likeness (QED) is 0.569. The molecule has 0 bridgehead atoms. The number of aliphatic hydroxyl groups is 2. The van der Waals surface area contributed by atoms with Crippen LogP contribution in [0.2, 0.25) is 5.02 Å². The fourth-order valence-corrected chi connectivity index (χ4v) is 7.30. The van der Waals surface area contributed by atoms with Crippen LogP contribution in [0.1, 0.15) is 79.5 Å². The number of aryl methyl sites for hydroxylation is 2. The van der Waals surface area contributed by atoms with Gasteiger partial charge in [-0.2, -0.15) is 0 Å². The summed E-state index contributed by atoms with van der Waals surface area (Å²) in [7, 11) is 0. The molecule has 0 saturated heterocycles. The van der Waals surface area contributed by atoms with E-state index in [0.29, 0.717) is 10.8 Å². The third kappa shape index (κ3) is 3.57. The normalized spacial score (nSPS) is 21.9. The van der Waals surface area contributed by atoms with Gasteiger partial charge in [-0.05, 0) is 83.4 Å². The van der Waals surface area contributed by atoms with Crippen LogP contribution in [0.4, 0.5) is 0 Å². The van der Waals surface area contributed by atoms with E-state index in [1.165, 1.54) is 22.3 Å². The Morgan fingerprint density at radius 2 is 1.24 bits per heavy atom. The van der Waals surface area contributed by atoms with Crippen LogP contribution >= 0.6 is 11.6 Å². The van der Waals surface area contributed by atoms with Crippen molar-refractivity contribution in [2.45, 2.75) is 77.6 Å². The molecule has 0 saturated carbocycles. The summed E-state index contributed by atoms with van der Waals surface area (Å²) in [6, 6.07) is 4.51. The average molecular weight is 473 g/mol. The lowest BCUT2D eigenvalue weighted by Crippen LogP contribution is -2.28. The van der Waals surface area contributed by atoms with Gasteiger partial charge < -0.3 is 19.7 Å². The van der Waals surface area contributed by atoms with Crippen LogP contribution in [0.5, 0.6) is 11.5 Å². The molecule has 2 aliphatic carbocycles. The third-order valence-electron chi connectivity index (χ3n) is 7.69. The predicted molar refractivity (Wildman–Crippen MR) is 133 cm³/mol. The molecule has 2 aromatic rings. The lowest BCUT2D eigenvalue weighted by atomic mass is 9.71. The van der Waals surface area contributed by atoms with Crippen LogP contribution in [0.3, 0.4) is 0 Å². The van der Waals surface area contributed by atoms with Crippen LogP contribution < -0.4 is 9.47 Å². The third-order valence-corrected chi connectivity index (χ3v) is 8.05. The number of halogens is 1. The number of hydrogen-bond acceptors (Lipinski definition) is 4. The first-order valence-electron chi connectivity index (χ1n) is 11.9. The van der Waals surface area contributed by atoms with Crippen molar-refractivity contribution >= 4 is 11.6 Å². The SMILES string of the molecule is Cc1cc2c(c(C)c1OCCO)C1(CC2(C)C)CC(C)(C)c2cc(C)c(OCCO)c(Cl)c21. The maximum atomic E-state index is 9.38. The highest BCUT2D eigenvalue weighted by Crippen LogP contribution is 2.66. The van der Waals surface area contributed by atoms with Gasteiger partial charge in [-0.3, -0.25) is 0 Å². The summed E-state index contributed by atoms with van der Waals surface area (Å²) in [6.07, 6.45) is 1.91. The van der Waals surface area contributed by atoms with Gasteiger partial charge in [0.25, 0.3) is 0 Å². The number of benzene rings is 2. The Morgan fingerprint density at radius 1 is 0.788 bits per heavy atom. The van der Waals surface area contributed by atoms with Crippen molar-refractivity contribution in [2.75, 3.05) is 26.4 Å². The second-order valence-corrected chi connectivity index (χ2v) is 11.6. The van der Waals surface area contributed by atoms with E-state index in [1.54, 1.807) is 0 Å². The molecular weight excluding hydrogens is 436 g/mol. The Hall–Kier alpha value is -1.75. The first-order valence-corrected chi connectivity index (χ1v) is 12.3. The topological polar surface area (TPSA) is 58.9 Å². The van der Waals surface area contributed by atoms with Gasteiger partial charge in [0, 0.05) is 5.41 Å². The number of ether oxygens (including phenoxy) is 2. The van der Waals surface area contributed by atoms with Gasteiger partial charge in [-0.1, -0.05) is 51.4 Å². The summed E-state index contributed by atoms with van der Waals surface area (Å²) < 4.78 is 12.0. The van der Waals surface area contributed by atoms with Gasteiger partial charge in [0.1, 0.15) is 24.7 Å². The van der Waals surface area contributed by atoms with Crippen LogP contribution in [-0.2, 0) is 16.2 Å². The minimum absolute atomic E-state index is 0.0148. The van der Waals surface area contributed by atoms with Gasteiger partial charge in [0.05, 0.1) is 18.2 Å². The van der Waals surface area contributed by atoms with Gasteiger partial charge in [-0.25, -0.2) is 0 Å². The number of aliphatic hydroxyl groups excluding tert-OH is 2. The molecule has 0 radical (unpaired) electrons. The lowest BCUT2D eigenvalue weighted by molar-refractivity contribution is 0.199. The van der Waals surface area contributed by atoms with E-state index in [-0.39, 0.29) is 42.7 Å². The first-order chi connectivity index (χ1) is 15.4. The van der Waals surface area contributed by atoms with E-state index >= 15 is 0 Å². The lowest BCUT2D eigenvalue weighted by Gasteiger charge is -2.32. The highest BCUT2D eigenvalue weighted by atomic mass is 35.5. The Balaban J connectivity index is 2.05. The van der Waals surface area contributed by atoms with E-state index in [0.717, 1.165) is 35.3 Å². The summed E-state index contributed by atoms with van der Waals surface area (Å²) in [5, 5.41) is 19.4. The summed E-state index contributed by atoms with van der Waals surface area (Å²) in [5.41, 5.74) is 8.02. The van der Waals surface area contributed by atoms with Crippen LogP contribution in [0.25, 0.3) is 0 Å². The molecule has 0 amide bonds. The molecule has 1 atom stereocenters. The maximum absolute atomic E-state index is 9.38. The molecule has 2 aromatic carbocycles. The van der Waals surface area contributed by atoms with E-state index in [9.17, 15) is 10.2 Å². The van der Waals surface area contributed by atoms with Crippen molar-refractivity contribution in [1.82, 2.24) is 0 Å². The zero-order chi connectivity index (χ0) is 24.3. The maximum Gasteiger partial charge on any atom is 0.141 e. The molecule has 0 fully saturated rings. The van der Waals surface area contributed by atoms with Crippen LogP contribution in [-0.4, -0.2) is 36.6 Å². The van der Waals surface area contributed by atoms with Crippen molar-refractivity contribution in [3.8, 4) is 11.5 Å². The summed E-state index contributed by atoms with van der Waals surface area (Å²) in [5.74, 6) is 1.54. The smallest absolute Gasteiger partial charge is 0.141 e. The zero-order valence-electron chi connectivity index (χ0n) is 21.0. The molecule has 180 valence electrons. The average Bonchev–Trinajstić information content (AvgIpc) is 3.06. The monoisotopic (exact) mass is 472 g/mol. The van der Waals surface area contributed by atoms with Crippen molar-refractivity contribution in [1.29, 1.82) is 0 Å². The highest BCUT2D eigenvalue weighted by molar-refractivity contribution is 6.33. The molecule has 4 rings (SSSR count). The summed E-state index contributed by atoms with van der Waals surface area (Å²) in [4.78, 5) is 0. The van der Waals surface area contributed by atoms with E-state index in [2.05, 4.69) is 53.7 Å². The molecule has 0 heterocycles. The minimum atomic E-state index is -0.255. The predicted octanol–water partition coefficient (Wildman–Crippen LogP) is 5.66. The fourth-order valence-electron chi connectivity index (χ4n) is 6.81. The molecule has 33 heavy (non-hydrogen) atoms. The zero-order valence-corrected chi connectivity index (χ0v) is 21.7. The van der Waals surface area contributed by atoms with Crippen LogP contribution in [0.15, 0.2) is 12.1 Å². The molecule has 1 unspecified atom stereocenters. The Bertz CT molecular complexity index is 1010. The van der Waals surface area contributed by atoms with E-state index in [4.69, 9.17) is 21.1 Å². The molecule has 0 aromatic heterocycles. The Morgan fingerprint density at radius 3 is 1.76 bits per heavy atom. The van der Waals surface area contributed by atoms with Crippen LogP contribution in [0, 0.1) is 20.8 Å². The van der Waals surface area contributed by atoms with Gasteiger partial charge >= 0.3 is 0 Å². The second kappa shape index (κ2) is 8.18. The van der Waals surface area contributed by atoms with Gasteiger partial charge in [-0.15, -0.1) is 0 Å². The number of hydrogen-bond donors (Lipinski definition) is 2. The van der Waals surface area contributed by atoms with Crippen molar-refractivity contribution < 1.29 is 19.7 Å². The van der Waals surface area contributed by atoms with Crippen molar-refractivity contribution in [3.63, 3.8) is 0 Å². The van der Waals surface area contributed by atoms with Crippen molar-refractivity contribution in [2.24, 2.45) is 0 Å². The summed E-state index contributed by atoms with van der Waals surface area (Å²) in [6.45, 7) is 16.0. The van der Waals surface area contributed by atoms with Gasteiger partial charge in [0.15, 0.2) is 0 Å². The van der Waals surface area contributed by atoms with Gasteiger partial charge in [0.2, 0.25) is 0 Å². The molecule has 2 aliphatic rings. The Kier molecular flexibility index (Phi) is 6.04. The largest absolute Gasteiger partial charge is 0.491 e. The number of fused-ring (bicyclic) bond motifs is 4. The Labute approximate surface area is 202 Å². The molecule has 2 N–H and O–H groups in total.